The van der Waals surface area contributed by atoms with Crippen LogP contribution in [0.25, 0.3) is 0 Å². The van der Waals surface area contributed by atoms with Crippen LogP contribution in [-0.4, -0.2) is 37.1 Å². The third-order valence-electron chi connectivity index (χ3n) is 6.18. The van der Waals surface area contributed by atoms with E-state index in [0.717, 1.165) is 23.9 Å². The van der Waals surface area contributed by atoms with Gasteiger partial charge in [0.2, 0.25) is 0 Å². The van der Waals surface area contributed by atoms with Crippen LogP contribution in [0.15, 0.2) is 0 Å². The first-order valence-electron chi connectivity index (χ1n) is 8.80. The first kappa shape index (κ1) is 13.9. The van der Waals surface area contributed by atoms with Crippen molar-refractivity contribution in [2.75, 3.05) is 20.1 Å². The number of hydrogen-bond donors (Lipinski definition) is 1. The minimum atomic E-state index is 0.812. The highest BCUT2D eigenvalue weighted by molar-refractivity contribution is 4.89. The molecule has 1 N–H and O–H groups in total. The van der Waals surface area contributed by atoms with Crippen LogP contribution in [0.2, 0.25) is 0 Å². The van der Waals surface area contributed by atoms with Gasteiger partial charge in [-0.2, -0.15) is 0 Å². The van der Waals surface area contributed by atoms with Crippen molar-refractivity contribution in [3.05, 3.63) is 0 Å². The summed E-state index contributed by atoms with van der Waals surface area (Å²) in [6, 6.07) is 1.77. The molecule has 1 aliphatic heterocycles. The molecule has 1 heterocycles. The number of fused-ring (bicyclic) bond motifs is 1. The van der Waals surface area contributed by atoms with E-state index in [1.807, 2.05) is 0 Å². The summed E-state index contributed by atoms with van der Waals surface area (Å²) < 4.78 is 0. The standard InChI is InChI=1S/C17H32N2/c1-18-16-9-4-7-14(16)11-13-19-12-5-8-15-6-2-3-10-17(15)19/h14-18H,2-13H2,1H3/t14?,15-,16?,17-/m1/s1. The normalized spacial score (nSPS) is 40.3. The molecule has 0 aromatic rings. The Morgan fingerprint density at radius 3 is 2.68 bits per heavy atom. The Morgan fingerprint density at radius 2 is 1.79 bits per heavy atom. The van der Waals surface area contributed by atoms with E-state index in [2.05, 4.69) is 17.3 Å². The molecule has 2 saturated carbocycles. The molecule has 4 atom stereocenters. The average Bonchev–Trinajstić information content (AvgIpc) is 2.92. The van der Waals surface area contributed by atoms with Gasteiger partial charge in [-0.15, -0.1) is 0 Å². The summed E-state index contributed by atoms with van der Waals surface area (Å²) in [4.78, 5) is 2.87. The van der Waals surface area contributed by atoms with Crippen molar-refractivity contribution in [1.82, 2.24) is 10.2 Å². The number of hydrogen-bond acceptors (Lipinski definition) is 2. The molecular formula is C17H32N2. The molecule has 0 spiro atoms. The molecule has 0 radical (unpaired) electrons. The fourth-order valence-corrected chi connectivity index (χ4v) is 5.10. The molecule has 2 heteroatoms. The van der Waals surface area contributed by atoms with Gasteiger partial charge in [0, 0.05) is 12.1 Å². The van der Waals surface area contributed by atoms with E-state index in [0.29, 0.717) is 0 Å². The molecule has 0 amide bonds. The number of rotatable bonds is 4. The maximum absolute atomic E-state index is 3.54. The number of likely N-dealkylation sites (tertiary alicyclic amines) is 1. The van der Waals surface area contributed by atoms with Crippen molar-refractivity contribution >= 4 is 0 Å². The number of nitrogens with zero attached hydrogens (tertiary/aromatic N) is 1. The third-order valence-corrected chi connectivity index (χ3v) is 6.18. The summed E-state index contributed by atoms with van der Waals surface area (Å²) in [7, 11) is 2.15. The van der Waals surface area contributed by atoms with Gasteiger partial charge in [-0.1, -0.05) is 19.3 Å². The zero-order valence-electron chi connectivity index (χ0n) is 12.7. The monoisotopic (exact) mass is 264 g/mol. The molecule has 3 fully saturated rings. The van der Waals surface area contributed by atoms with Gasteiger partial charge in [0.15, 0.2) is 0 Å². The van der Waals surface area contributed by atoms with E-state index in [9.17, 15) is 0 Å². The molecule has 0 bridgehead atoms. The van der Waals surface area contributed by atoms with Gasteiger partial charge in [0.1, 0.15) is 0 Å². The van der Waals surface area contributed by atoms with Crippen LogP contribution < -0.4 is 5.32 Å². The van der Waals surface area contributed by atoms with E-state index in [4.69, 9.17) is 0 Å². The molecule has 1 saturated heterocycles. The Morgan fingerprint density at radius 1 is 0.947 bits per heavy atom. The van der Waals surface area contributed by atoms with Gasteiger partial charge in [0.25, 0.3) is 0 Å². The van der Waals surface area contributed by atoms with Crippen LogP contribution in [0.4, 0.5) is 0 Å². The quantitative estimate of drug-likeness (QED) is 0.837. The third kappa shape index (κ3) is 3.16. The molecule has 2 aliphatic carbocycles. The molecular weight excluding hydrogens is 232 g/mol. The van der Waals surface area contributed by atoms with Crippen LogP contribution in [0, 0.1) is 11.8 Å². The smallest absolute Gasteiger partial charge is 0.0123 e. The highest BCUT2D eigenvalue weighted by Crippen LogP contribution is 2.36. The van der Waals surface area contributed by atoms with Crippen molar-refractivity contribution in [3.63, 3.8) is 0 Å². The Hall–Kier alpha value is -0.0800. The van der Waals surface area contributed by atoms with E-state index in [1.165, 1.54) is 77.3 Å². The lowest BCUT2D eigenvalue weighted by Gasteiger charge is -2.44. The summed E-state index contributed by atoms with van der Waals surface area (Å²) >= 11 is 0. The Kier molecular flexibility index (Phi) is 4.81. The molecule has 19 heavy (non-hydrogen) atoms. The van der Waals surface area contributed by atoms with Crippen LogP contribution in [-0.2, 0) is 0 Å². The molecule has 0 aromatic carbocycles. The van der Waals surface area contributed by atoms with Gasteiger partial charge in [-0.25, -0.2) is 0 Å². The van der Waals surface area contributed by atoms with Gasteiger partial charge >= 0.3 is 0 Å². The first-order chi connectivity index (χ1) is 9.38. The lowest BCUT2D eigenvalue weighted by molar-refractivity contribution is 0.0555. The van der Waals surface area contributed by atoms with Gasteiger partial charge in [0.05, 0.1) is 0 Å². The molecule has 2 nitrogen and oxygen atoms in total. The minimum Gasteiger partial charge on any atom is -0.317 e. The van der Waals surface area contributed by atoms with E-state index in [-0.39, 0.29) is 0 Å². The fraction of sp³-hybridized carbons (Fsp3) is 1.00. The molecule has 110 valence electrons. The Balaban J connectivity index is 1.51. The van der Waals surface area contributed by atoms with Crippen LogP contribution in [0.3, 0.4) is 0 Å². The van der Waals surface area contributed by atoms with Crippen LogP contribution >= 0.6 is 0 Å². The number of piperidine rings is 1. The second-order valence-corrected chi connectivity index (χ2v) is 7.16. The molecule has 3 rings (SSSR count). The lowest BCUT2D eigenvalue weighted by Crippen LogP contribution is -2.47. The summed E-state index contributed by atoms with van der Waals surface area (Å²) in [5.41, 5.74) is 0. The van der Waals surface area contributed by atoms with Crippen LogP contribution in [0.5, 0.6) is 0 Å². The maximum Gasteiger partial charge on any atom is 0.0123 e. The second-order valence-electron chi connectivity index (χ2n) is 7.16. The highest BCUT2D eigenvalue weighted by Gasteiger charge is 2.34. The molecule has 0 aromatic heterocycles. The van der Waals surface area contributed by atoms with Crippen molar-refractivity contribution < 1.29 is 0 Å². The van der Waals surface area contributed by atoms with Crippen molar-refractivity contribution in [3.8, 4) is 0 Å². The molecule has 3 aliphatic rings. The van der Waals surface area contributed by atoms with Crippen LogP contribution in [0.1, 0.15) is 64.2 Å². The van der Waals surface area contributed by atoms with Gasteiger partial charge in [-0.3, -0.25) is 0 Å². The van der Waals surface area contributed by atoms with Crippen molar-refractivity contribution in [1.29, 1.82) is 0 Å². The van der Waals surface area contributed by atoms with Gasteiger partial charge < -0.3 is 10.2 Å². The summed E-state index contributed by atoms with van der Waals surface area (Å²) in [6.45, 7) is 2.77. The van der Waals surface area contributed by atoms with E-state index in [1.54, 1.807) is 0 Å². The fourth-order valence-electron chi connectivity index (χ4n) is 5.10. The average molecular weight is 264 g/mol. The Bertz CT molecular complexity index is 276. The summed E-state index contributed by atoms with van der Waals surface area (Å²) in [5, 5.41) is 3.54. The van der Waals surface area contributed by atoms with Gasteiger partial charge in [-0.05, 0) is 76.9 Å². The zero-order chi connectivity index (χ0) is 13.1. The van der Waals surface area contributed by atoms with Crippen molar-refractivity contribution in [2.45, 2.75) is 76.3 Å². The van der Waals surface area contributed by atoms with Crippen molar-refractivity contribution in [2.24, 2.45) is 11.8 Å². The van der Waals surface area contributed by atoms with E-state index < -0.39 is 0 Å². The predicted molar refractivity (Wildman–Crippen MR) is 81.4 cm³/mol. The largest absolute Gasteiger partial charge is 0.317 e. The van der Waals surface area contributed by atoms with E-state index >= 15 is 0 Å². The SMILES string of the molecule is CNC1CCCC1CCN1CCC[C@H]2CCCC[C@H]21. The summed E-state index contributed by atoms with van der Waals surface area (Å²) in [6.07, 6.45) is 14.7. The lowest BCUT2D eigenvalue weighted by atomic mass is 9.78. The Labute approximate surface area is 119 Å². The molecule has 2 unspecified atom stereocenters. The second kappa shape index (κ2) is 6.58. The maximum atomic E-state index is 3.54. The number of nitrogens with one attached hydrogen (secondary N) is 1. The summed E-state index contributed by atoms with van der Waals surface area (Å²) in [5.74, 6) is 2.00. The first-order valence-corrected chi connectivity index (χ1v) is 8.80. The highest BCUT2D eigenvalue weighted by atomic mass is 15.2. The minimum absolute atomic E-state index is 0.812. The zero-order valence-corrected chi connectivity index (χ0v) is 12.7. The topological polar surface area (TPSA) is 15.3 Å². The predicted octanol–water partition coefficient (Wildman–Crippen LogP) is 3.42.